The number of furan rings is 1. The molecule has 0 aliphatic rings. The summed E-state index contributed by atoms with van der Waals surface area (Å²) in [7, 11) is 0. The van der Waals surface area contributed by atoms with Crippen molar-refractivity contribution in [3.8, 4) is 11.3 Å². The van der Waals surface area contributed by atoms with Gasteiger partial charge in [-0.15, -0.1) is 11.3 Å². The Bertz CT molecular complexity index is 1630. The van der Waals surface area contributed by atoms with E-state index in [0.717, 1.165) is 33.2 Å². The number of rotatable bonds is 1. The molecular formula is C28H23NOS. The molecule has 0 fully saturated rings. The van der Waals surface area contributed by atoms with E-state index in [2.05, 4.69) is 82.3 Å². The van der Waals surface area contributed by atoms with Crippen molar-refractivity contribution < 1.29 is 4.42 Å². The van der Waals surface area contributed by atoms with E-state index in [-0.39, 0.29) is 5.41 Å². The van der Waals surface area contributed by atoms with Crippen molar-refractivity contribution in [2.75, 3.05) is 0 Å². The van der Waals surface area contributed by atoms with Gasteiger partial charge < -0.3 is 4.42 Å². The Labute approximate surface area is 185 Å². The number of hydrogen-bond donors (Lipinski definition) is 0. The quantitative estimate of drug-likeness (QED) is 0.265. The van der Waals surface area contributed by atoms with Crippen LogP contribution in [0.25, 0.3) is 54.1 Å². The van der Waals surface area contributed by atoms with Gasteiger partial charge in [-0.2, -0.15) is 0 Å². The second-order valence-corrected chi connectivity index (χ2v) is 10.7. The summed E-state index contributed by atoms with van der Waals surface area (Å²) in [5, 5.41) is 6.04. The number of hydrogen-bond acceptors (Lipinski definition) is 3. The van der Waals surface area contributed by atoms with Crippen molar-refractivity contribution in [3.05, 3.63) is 77.3 Å². The number of aromatic nitrogens is 1. The van der Waals surface area contributed by atoms with Crippen LogP contribution < -0.4 is 0 Å². The third-order valence-electron chi connectivity index (χ3n) is 6.09. The maximum Gasteiger partial charge on any atom is 0.139 e. The molecule has 152 valence electrons. The van der Waals surface area contributed by atoms with Gasteiger partial charge in [-0.25, -0.2) is 0 Å². The average Bonchev–Trinajstić information content (AvgIpc) is 3.28. The minimum Gasteiger partial charge on any atom is -0.456 e. The van der Waals surface area contributed by atoms with Crippen molar-refractivity contribution in [2.24, 2.45) is 0 Å². The van der Waals surface area contributed by atoms with Gasteiger partial charge in [-0.3, -0.25) is 4.98 Å². The Kier molecular flexibility index (Phi) is 3.85. The Morgan fingerprint density at radius 1 is 0.839 bits per heavy atom. The molecule has 0 saturated heterocycles. The molecule has 0 atom stereocenters. The Hall–Kier alpha value is -3.17. The van der Waals surface area contributed by atoms with Crippen molar-refractivity contribution in [2.45, 2.75) is 33.1 Å². The van der Waals surface area contributed by atoms with Crippen LogP contribution in [0, 0.1) is 6.92 Å². The highest BCUT2D eigenvalue weighted by atomic mass is 32.1. The second kappa shape index (κ2) is 6.41. The monoisotopic (exact) mass is 421 g/mol. The van der Waals surface area contributed by atoms with Crippen LogP contribution in [-0.2, 0) is 5.41 Å². The molecule has 3 aromatic carbocycles. The Balaban J connectivity index is 1.71. The molecule has 6 rings (SSSR count). The average molecular weight is 422 g/mol. The van der Waals surface area contributed by atoms with Crippen molar-refractivity contribution in [3.63, 3.8) is 0 Å². The fourth-order valence-electron chi connectivity index (χ4n) is 4.68. The summed E-state index contributed by atoms with van der Waals surface area (Å²) >= 11 is 1.81. The van der Waals surface area contributed by atoms with Crippen LogP contribution in [0.5, 0.6) is 0 Å². The van der Waals surface area contributed by atoms with Crippen molar-refractivity contribution in [1.29, 1.82) is 0 Å². The third kappa shape index (κ3) is 2.88. The summed E-state index contributed by atoms with van der Waals surface area (Å²) in [6, 6.07) is 21.9. The largest absolute Gasteiger partial charge is 0.456 e. The second-order valence-electron chi connectivity index (χ2n) is 9.37. The number of fused-ring (bicyclic) bond motifs is 5. The molecule has 2 nitrogen and oxygen atoms in total. The van der Waals surface area contributed by atoms with Gasteiger partial charge in [0.2, 0.25) is 0 Å². The van der Waals surface area contributed by atoms with Crippen LogP contribution in [-0.4, -0.2) is 4.98 Å². The van der Waals surface area contributed by atoms with E-state index >= 15 is 0 Å². The molecule has 0 N–H and O–H groups in total. The van der Waals surface area contributed by atoms with E-state index in [0.29, 0.717) is 0 Å². The lowest BCUT2D eigenvalue weighted by Crippen LogP contribution is -2.12. The first-order valence-electron chi connectivity index (χ1n) is 10.6. The first-order chi connectivity index (χ1) is 14.9. The molecule has 0 aliphatic carbocycles. The van der Waals surface area contributed by atoms with Gasteiger partial charge in [0.05, 0.1) is 11.1 Å². The van der Waals surface area contributed by atoms with Crippen LogP contribution >= 0.6 is 11.3 Å². The molecule has 0 aliphatic heterocycles. The first-order valence-corrected chi connectivity index (χ1v) is 11.5. The van der Waals surface area contributed by atoms with E-state index in [1.165, 1.54) is 31.3 Å². The fourth-order valence-corrected chi connectivity index (χ4v) is 5.61. The highest BCUT2D eigenvalue weighted by molar-refractivity contribution is 7.19. The summed E-state index contributed by atoms with van der Waals surface area (Å²) < 4.78 is 7.55. The van der Waals surface area contributed by atoms with E-state index in [9.17, 15) is 0 Å². The van der Waals surface area contributed by atoms with Gasteiger partial charge in [-0.1, -0.05) is 45.0 Å². The van der Waals surface area contributed by atoms with E-state index in [4.69, 9.17) is 9.40 Å². The van der Waals surface area contributed by atoms with Crippen molar-refractivity contribution >= 4 is 54.1 Å². The van der Waals surface area contributed by atoms with Gasteiger partial charge in [-0.05, 0) is 70.5 Å². The third-order valence-corrected chi connectivity index (χ3v) is 7.10. The minimum atomic E-state index is 0.0301. The summed E-state index contributed by atoms with van der Waals surface area (Å²) in [6.07, 6.45) is 1.86. The lowest BCUT2D eigenvalue weighted by atomic mass is 9.82. The minimum absolute atomic E-state index is 0.0301. The standard InChI is InChI=1S/C28H23NOS/c1-16-11-18-13-21-24(15-25(18)31-16)30-23-9-10-29-27(26(21)23)19-12-17-7-5-6-8-20(17)22(14-19)28(2,3)4/h5-15H,1-4H3. The zero-order valence-electron chi connectivity index (χ0n) is 18.1. The molecule has 0 bridgehead atoms. The van der Waals surface area contributed by atoms with E-state index < -0.39 is 0 Å². The van der Waals surface area contributed by atoms with Crippen molar-refractivity contribution in [1.82, 2.24) is 4.98 Å². The number of pyridine rings is 1. The Morgan fingerprint density at radius 3 is 2.52 bits per heavy atom. The van der Waals surface area contributed by atoms with Crippen LogP contribution in [0.2, 0.25) is 0 Å². The molecule has 3 aromatic heterocycles. The van der Waals surface area contributed by atoms with Gasteiger partial charge in [0, 0.05) is 26.7 Å². The zero-order valence-corrected chi connectivity index (χ0v) is 18.9. The summed E-state index contributed by atoms with van der Waals surface area (Å²) in [5.41, 5.74) is 5.30. The molecule has 0 radical (unpaired) electrons. The van der Waals surface area contributed by atoms with Gasteiger partial charge in [0.25, 0.3) is 0 Å². The highest BCUT2D eigenvalue weighted by Gasteiger charge is 2.21. The lowest BCUT2D eigenvalue weighted by molar-refractivity contribution is 0.596. The van der Waals surface area contributed by atoms with Gasteiger partial charge >= 0.3 is 0 Å². The van der Waals surface area contributed by atoms with E-state index in [1.807, 2.05) is 23.6 Å². The first kappa shape index (κ1) is 18.6. The predicted molar refractivity (Wildman–Crippen MR) is 133 cm³/mol. The summed E-state index contributed by atoms with van der Waals surface area (Å²) in [5.74, 6) is 0. The number of thiophene rings is 1. The fraction of sp³-hybridized carbons (Fsp3) is 0.179. The number of aryl methyl sites for hydroxylation is 1. The highest BCUT2D eigenvalue weighted by Crippen LogP contribution is 2.41. The predicted octanol–water partition coefficient (Wildman–Crippen LogP) is 8.62. The lowest BCUT2D eigenvalue weighted by Gasteiger charge is -2.22. The molecule has 3 heteroatoms. The summed E-state index contributed by atoms with van der Waals surface area (Å²) in [6.45, 7) is 8.97. The smallest absolute Gasteiger partial charge is 0.139 e. The number of nitrogens with zero attached hydrogens (tertiary/aromatic N) is 1. The molecule has 0 spiro atoms. The maximum absolute atomic E-state index is 6.28. The molecule has 3 heterocycles. The maximum atomic E-state index is 6.28. The van der Waals surface area contributed by atoms with Gasteiger partial charge in [0.15, 0.2) is 0 Å². The molecular weight excluding hydrogens is 398 g/mol. The van der Waals surface area contributed by atoms with Crippen LogP contribution in [0.3, 0.4) is 0 Å². The van der Waals surface area contributed by atoms with E-state index in [1.54, 1.807) is 0 Å². The molecule has 0 amide bonds. The molecule has 31 heavy (non-hydrogen) atoms. The Morgan fingerprint density at radius 2 is 1.68 bits per heavy atom. The van der Waals surface area contributed by atoms with Crippen LogP contribution in [0.4, 0.5) is 0 Å². The SMILES string of the molecule is Cc1cc2cc3c(cc2s1)oc1ccnc(-c2cc(C(C)(C)C)c4ccccc4c2)c13. The topological polar surface area (TPSA) is 26.0 Å². The normalized spacial score (nSPS) is 12.5. The van der Waals surface area contributed by atoms with Crippen LogP contribution in [0.1, 0.15) is 31.2 Å². The zero-order chi connectivity index (χ0) is 21.3. The molecule has 0 unspecified atom stereocenters. The number of benzene rings is 3. The summed E-state index contributed by atoms with van der Waals surface area (Å²) in [4.78, 5) is 6.17. The molecule has 6 aromatic rings. The van der Waals surface area contributed by atoms with Crippen LogP contribution in [0.15, 0.2) is 71.3 Å². The van der Waals surface area contributed by atoms with Gasteiger partial charge in [0.1, 0.15) is 11.2 Å². The molecule has 0 saturated carbocycles.